The van der Waals surface area contributed by atoms with Crippen LogP contribution in [0.5, 0.6) is 0 Å². The first-order chi connectivity index (χ1) is 11.1. The quantitative estimate of drug-likeness (QED) is 0.736. The van der Waals surface area contributed by atoms with Crippen LogP contribution in [-0.2, 0) is 0 Å². The number of aliphatic hydroxyl groups is 1. The van der Waals surface area contributed by atoms with Crippen molar-refractivity contribution < 1.29 is 5.11 Å². The van der Waals surface area contributed by atoms with Crippen molar-refractivity contribution >= 4 is 21.8 Å². The van der Waals surface area contributed by atoms with E-state index in [2.05, 4.69) is 55.3 Å². The number of aromatic nitrogens is 1. The lowest BCUT2D eigenvalue weighted by atomic mass is 10.0. The predicted molar refractivity (Wildman–Crippen MR) is 94.1 cm³/mol. The van der Waals surface area contributed by atoms with Gasteiger partial charge in [0.25, 0.3) is 0 Å². The average molecular weight is 380 g/mol. The van der Waals surface area contributed by atoms with E-state index < -0.39 is 6.23 Å². The van der Waals surface area contributed by atoms with Crippen LogP contribution >= 0.6 is 15.9 Å². The highest BCUT2D eigenvalue weighted by atomic mass is 79.9. The molecule has 1 aromatic heterocycles. The van der Waals surface area contributed by atoms with Crippen LogP contribution in [0.2, 0.25) is 0 Å². The van der Waals surface area contributed by atoms with Crippen molar-refractivity contribution in [2.45, 2.75) is 26.1 Å². The molecule has 0 aromatic carbocycles. The molecule has 1 aromatic rings. The number of nitrogens with zero attached hydrogens (tertiary/aromatic N) is 3. The Morgan fingerprint density at radius 2 is 2.09 bits per heavy atom. The molecule has 124 valence electrons. The van der Waals surface area contributed by atoms with Gasteiger partial charge in [0.1, 0.15) is 11.7 Å². The van der Waals surface area contributed by atoms with Crippen LogP contribution in [0.1, 0.15) is 19.4 Å². The zero-order chi connectivity index (χ0) is 16.4. The maximum atomic E-state index is 10.3. The number of aliphatic imine (C=N–C) groups is 1. The fourth-order valence-electron chi connectivity index (χ4n) is 2.82. The van der Waals surface area contributed by atoms with E-state index in [1.807, 2.05) is 12.1 Å². The van der Waals surface area contributed by atoms with Crippen LogP contribution in [0.4, 0.5) is 0 Å². The second-order valence-corrected chi connectivity index (χ2v) is 7.01. The number of nitrogens with one attached hydrogen (secondary N) is 2. The molecule has 7 heteroatoms. The molecule has 6 nitrogen and oxygen atoms in total. The summed E-state index contributed by atoms with van der Waals surface area (Å²) >= 11 is 3.50. The summed E-state index contributed by atoms with van der Waals surface area (Å²) in [5.74, 6) is 2.11. The first kappa shape index (κ1) is 16.4. The second-order valence-electron chi connectivity index (χ2n) is 6.16. The van der Waals surface area contributed by atoms with Crippen LogP contribution in [0.15, 0.2) is 39.8 Å². The van der Waals surface area contributed by atoms with Crippen LogP contribution in [0.3, 0.4) is 0 Å². The number of amidine groups is 1. The third kappa shape index (κ3) is 3.57. The minimum Gasteiger partial charge on any atom is -0.367 e. The second kappa shape index (κ2) is 6.98. The van der Waals surface area contributed by atoms with Gasteiger partial charge in [0, 0.05) is 43.6 Å². The molecule has 3 heterocycles. The third-order valence-electron chi connectivity index (χ3n) is 4.22. The highest BCUT2D eigenvalue weighted by molar-refractivity contribution is 9.11. The van der Waals surface area contributed by atoms with Crippen molar-refractivity contribution in [3.05, 3.63) is 40.4 Å². The van der Waals surface area contributed by atoms with E-state index in [-0.39, 0.29) is 0 Å². The molecule has 0 radical (unpaired) electrons. The van der Waals surface area contributed by atoms with Gasteiger partial charge in [-0.2, -0.15) is 0 Å². The Bertz CT molecular complexity index is 616. The van der Waals surface area contributed by atoms with Crippen LogP contribution in [0.25, 0.3) is 0 Å². The molecule has 0 saturated carbocycles. The van der Waals surface area contributed by atoms with Gasteiger partial charge in [-0.3, -0.25) is 4.98 Å². The van der Waals surface area contributed by atoms with E-state index in [4.69, 9.17) is 0 Å². The third-order valence-corrected chi connectivity index (χ3v) is 5.01. The van der Waals surface area contributed by atoms with Crippen molar-refractivity contribution in [3.8, 4) is 0 Å². The van der Waals surface area contributed by atoms with Crippen molar-refractivity contribution in [3.63, 3.8) is 0 Å². The monoisotopic (exact) mass is 379 g/mol. The lowest BCUT2D eigenvalue weighted by Gasteiger charge is -2.40. The molecule has 23 heavy (non-hydrogen) atoms. The SMILES string of the molecule is CC(C)[C@H]1CN(C2=C(Br)C(O)N=C(c3ccncc3)N2)CCN1. The highest BCUT2D eigenvalue weighted by Crippen LogP contribution is 2.25. The molecule has 0 spiro atoms. The summed E-state index contributed by atoms with van der Waals surface area (Å²) in [6.45, 7) is 7.14. The molecule has 0 aliphatic carbocycles. The lowest BCUT2D eigenvalue weighted by Crippen LogP contribution is -2.55. The van der Waals surface area contributed by atoms with Gasteiger partial charge in [-0.15, -0.1) is 0 Å². The van der Waals surface area contributed by atoms with E-state index in [0.29, 0.717) is 22.3 Å². The lowest BCUT2D eigenvalue weighted by molar-refractivity contribution is 0.189. The number of hydrogen-bond acceptors (Lipinski definition) is 6. The zero-order valence-electron chi connectivity index (χ0n) is 13.3. The Hall–Kier alpha value is -1.44. The molecule has 1 fully saturated rings. The van der Waals surface area contributed by atoms with Gasteiger partial charge < -0.3 is 20.6 Å². The zero-order valence-corrected chi connectivity index (χ0v) is 14.9. The van der Waals surface area contributed by atoms with E-state index in [9.17, 15) is 5.11 Å². The first-order valence-electron chi connectivity index (χ1n) is 7.87. The Kier molecular flexibility index (Phi) is 4.99. The minimum atomic E-state index is -0.887. The van der Waals surface area contributed by atoms with Crippen LogP contribution in [-0.4, -0.2) is 52.7 Å². The smallest absolute Gasteiger partial charge is 0.183 e. The summed E-state index contributed by atoms with van der Waals surface area (Å²) in [6.07, 6.45) is 2.55. The summed E-state index contributed by atoms with van der Waals surface area (Å²) in [7, 11) is 0. The first-order valence-corrected chi connectivity index (χ1v) is 8.67. The Morgan fingerprint density at radius 1 is 1.35 bits per heavy atom. The Labute approximate surface area is 144 Å². The molecule has 0 bridgehead atoms. The van der Waals surface area contributed by atoms with E-state index in [1.165, 1.54) is 0 Å². The van der Waals surface area contributed by atoms with Gasteiger partial charge in [0.2, 0.25) is 0 Å². The number of rotatable bonds is 3. The van der Waals surface area contributed by atoms with Gasteiger partial charge in [-0.1, -0.05) is 13.8 Å². The van der Waals surface area contributed by atoms with Crippen LogP contribution < -0.4 is 10.6 Å². The predicted octanol–water partition coefficient (Wildman–Crippen LogP) is 1.24. The molecule has 3 N–H and O–H groups in total. The fourth-order valence-corrected chi connectivity index (χ4v) is 3.27. The number of pyridine rings is 1. The summed E-state index contributed by atoms with van der Waals surface area (Å²) < 4.78 is 0.680. The summed E-state index contributed by atoms with van der Waals surface area (Å²) in [4.78, 5) is 10.6. The number of aliphatic hydroxyl groups excluding tert-OH is 1. The Morgan fingerprint density at radius 3 is 2.78 bits per heavy atom. The summed E-state index contributed by atoms with van der Waals surface area (Å²) in [6, 6.07) is 4.19. The van der Waals surface area contributed by atoms with Crippen molar-refractivity contribution in [1.29, 1.82) is 0 Å². The molecule has 3 rings (SSSR count). The largest absolute Gasteiger partial charge is 0.367 e. The number of halogens is 1. The fraction of sp³-hybridized carbons (Fsp3) is 0.500. The van der Waals surface area contributed by atoms with Gasteiger partial charge in [-0.25, -0.2) is 4.99 Å². The summed E-state index contributed by atoms with van der Waals surface area (Å²) in [5.41, 5.74) is 0.909. The standard InChI is InChI=1S/C16H22BrN5O/c1-10(2)12-9-22(8-7-19-12)15-13(17)16(23)21-14(20-15)11-3-5-18-6-4-11/h3-6,10,12,16,19,23H,7-9H2,1-2H3,(H,20,21)/t12-,16?/m1/s1. The topological polar surface area (TPSA) is 72.8 Å². The van der Waals surface area contributed by atoms with Crippen molar-refractivity contribution in [1.82, 2.24) is 20.5 Å². The average Bonchev–Trinajstić information content (AvgIpc) is 2.58. The molecule has 1 unspecified atom stereocenters. The van der Waals surface area contributed by atoms with E-state index in [1.54, 1.807) is 12.4 Å². The van der Waals surface area contributed by atoms with Crippen LogP contribution in [0, 0.1) is 5.92 Å². The molecule has 1 saturated heterocycles. The molecular weight excluding hydrogens is 358 g/mol. The molecule has 2 aliphatic heterocycles. The molecule has 2 atom stereocenters. The summed E-state index contributed by atoms with van der Waals surface area (Å²) in [5, 5.41) is 17.2. The van der Waals surface area contributed by atoms with Crippen molar-refractivity contribution in [2.24, 2.45) is 10.9 Å². The molecular formula is C16H22BrN5O. The highest BCUT2D eigenvalue weighted by Gasteiger charge is 2.29. The van der Waals surface area contributed by atoms with Gasteiger partial charge >= 0.3 is 0 Å². The van der Waals surface area contributed by atoms with Gasteiger partial charge in [0.15, 0.2) is 6.23 Å². The Balaban J connectivity index is 1.82. The van der Waals surface area contributed by atoms with Crippen molar-refractivity contribution in [2.75, 3.05) is 19.6 Å². The van der Waals surface area contributed by atoms with E-state index in [0.717, 1.165) is 31.0 Å². The molecule has 2 aliphatic rings. The normalized spacial score (nSPS) is 25.4. The number of piperazine rings is 1. The van der Waals surface area contributed by atoms with E-state index >= 15 is 0 Å². The maximum Gasteiger partial charge on any atom is 0.183 e. The van der Waals surface area contributed by atoms with Gasteiger partial charge in [0.05, 0.1) is 4.48 Å². The minimum absolute atomic E-state index is 0.429. The maximum absolute atomic E-state index is 10.3. The van der Waals surface area contributed by atoms with Gasteiger partial charge in [-0.05, 0) is 34.0 Å². The molecule has 0 amide bonds. The number of hydrogen-bond donors (Lipinski definition) is 3.